The first kappa shape index (κ1) is 18.8. The zero-order valence-electron chi connectivity index (χ0n) is 13.6. The van der Waals surface area contributed by atoms with Gasteiger partial charge in [0.15, 0.2) is 0 Å². The lowest BCUT2D eigenvalue weighted by Crippen LogP contribution is -2.33. The van der Waals surface area contributed by atoms with Gasteiger partial charge in [-0.05, 0) is 43.3 Å². The quantitative estimate of drug-likeness (QED) is 0.855. The fourth-order valence-corrected chi connectivity index (χ4v) is 2.27. The van der Waals surface area contributed by atoms with Gasteiger partial charge in [0.25, 0.3) is 5.91 Å². The Morgan fingerprint density at radius 3 is 2.36 bits per heavy atom. The van der Waals surface area contributed by atoms with Crippen LogP contribution in [0.15, 0.2) is 48.5 Å². The van der Waals surface area contributed by atoms with Gasteiger partial charge < -0.3 is 14.7 Å². The van der Waals surface area contributed by atoms with E-state index in [9.17, 15) is 18.0 Å². The summed E-state index contributed by atoms with van der Waals surface area (Å²) in [5.74, 6) is -0.00148. The second-order valence-corrected chi connectivity index (χ2v) is 5.26. The molecule has 2 aromatic carbocycles. The van der Waals surface area contributed by atoms with Gasteiger partial charge in [-0.2, -0.15) is 13.2 Å². The van der Waals surface area contributed by atoms with E-state index in [0.29, 0.717) is 12.1 Å². The van der Waals surface area contributed by atoms with Crippen molar-refractivity contribution in [3.8, 4) is 11.5 Å². The molecule has 2 rings (SSSR count). The van der Waals surface area contributed by atoms with Crippen LogP contribution in [0.1, 0.15) is 22.8 Å². The summed E-state index contributed by atoms with van der Waals surface area (Å²) in [5, 5.41) is 8.99. The summed E-state index contributed by atoms with van der Waals surface area (Å²) >= 11 is 0. The smallest absolute Gasteiger partial charge is 0.416 e. The normalized spacial score (nSPS) is 11.2. The molecule has 0 fully saturated rings. The van der Waals surface area contributed by atoms with Crippen LogP contribution in [-0.4, -0.2) is 35.6 Å². The lowest BCUT2D eigenvalue weighted by atomic mass is 10.2. The van der Waals surface area contributed by atoms with Crippen molar-refractivity contribution in [3.63, 3.8) is 0 Å². The van der Waals surface area contributed by atoms with Gasteiger partial charge >= 0.3 is 6.18 Å². The van der Waals surface area contributed by atoms with E-state index in [0.717, 1.165) is 12.1 Å². The Morgan fingerprint density at radius 1 is 1.12 bits per heavy atom. The summed E-state index contributed by atoms with van der Waals surface area (Å²) in [4.78, 5) is 13.8. The molecule has 0 saturated carbocycles. The summed E-state index contributed by atoms with van der Waals surface area (Å²) in [6, 6.07) is 10.7. The Hall–Kier alpha value is -2.54. The van der Waals surface area contributed by atoms with Gasteiger partial charge in [-0.25, -0.2) is 0 Å². The Morgan fingerprint density at radius 2 is 1.76 bits per heavy atom. The standard InChI is InChI=1S/C18H18F3NO3/c1-2-22(9-10-23)17(24)13-5-3-7-15(11-13)25-16-8-4-6-14(12-16)18(19,20)21/h3-8,11-12,23H,2,9-10H2,1H3. The summed E-state index contributed by atoms with van der Waals surface area (Å²) in [6.07, 6.45) is -4.46. The minimum Gasteiger partial charge on any atom is -0.457 e. The van der Waals surface area contributed by atoms with Crippen LogP contribution >= 0.6 is 0 Å². The van der Waals surface area contributed by atoms with Crippen molar-refractivity contribution < 1.29 is 27.8 Å². The molecule has 0 aliphatic carbocycles. The molecule has 0 unspecified atom stereocenters. The van der Waals surface area contributed by atoms with Crippen LogP contribution in [0.5, 0.6) is 11.5 Å². The molecule has 0 aromatic heterocycles. The van der Waals surface area contributed by atoms with Crippen LogP contribution in [0.25, 0.3) is 0 Å². The highest BCUT2D eigenvalue weighted by atomic mass is 19.4. The van der Waals surface area contributed by atoms with E-state index in [1.807, 2.05) is 0 Å². The third-order valence-corrected chi connectivity index (χ3v) is 3.52. The molecule has 7 heteroatoms. The van der Waals surface area contributed by atoms with Crippen molar-refractivity contribution in [2.75, 3.05) is 19.7 Å². The maximum atomic E-state index is 12.8. The minimum atomic E-state index is -4.46. The minimum absolute atomic E-state index is 0.0297. The Kier molecular flexibility index (Phi) is 6.03. The van der Waals surface area contributed by atoms with Gasteiger partial charge in [-0.3, -0.25) is 4.79 Å². The number of rotatable bonds is 6. The molecule has 0 bridgehead atoms. The molecule has 0 spiro atoms. The maximum absolute atomic E-state index is 12.8. The van der Waals surface area contributed by atoms with Crippen LogP contribution in [0.3, 0.4) is 0 Å². The van der Waals surface area contributed by atoms with Gasteiger partial charge in [0.2, 0.25) is 0 Å². The first-order valence-electron chi connectivity index (χ1n) is 7.70. The number of likely N-dealkylation sites (N-methyl/N-ethyl adjacent to an activating group) is 1. The van der Waals surface area contributed by atoms with E-state index in [-0.39, 0.29) is 30.6 Å². The number of nitrogens with zero attached hydrogens (tertiary/aromatic N) is 1. The number of aliphatic hydroxyl groups is 1. The SMILES string of the molecule is CCN(CCO)C(=O)c1cccc(Oc2cccc(C(F)(F)F)c2)c1. The summed E-state index contributed by atoms with van der Waals surface area (Å²) in [6.45, 7) is 2.27. The van der Waals surface area contributed by atoms with E-state index in [1.165, 1.54) is 23.1 Å². The summed E-state index contributed by atoms with van der Waals surface area (Å²) < 4.78 is 43.7. The molecule has 0 heterocycles. The molecule has 0 saturated heterocycles. The number of aliphatic hydroxyl groups excluding tert-OH is 1. The molecule has 1 amide bonds. The van der Waals surface area contributed by atoms with Gasteiger partial charge in [-0.1, -0.05) is 12.1 Å². The van der Waals surface area contributed by atoms with Crippen molar-refractivity contribution in [3.05, 3.63) is 59.7 Å². The predicted molar refractivity (Wildman–Crippen MR) is 86.6 cm³/mol. The number of benzene rings is 2. The second-order valence-electron chi connectivity index (χ2n) is 5.26. The average molecular weight is 353 g/mol. The van der Waals surface area contributed by atoms with Crippen molar-refractivity contribution in [1.29, 1.82) is 0 Å². The number of carbonyl (C=O) groups is 1. The average Bonchev–Trinajstić information content (AvgIpc) is 2.59. The number of ether oxygens (including phenoxy) is 1. The first-order chi connectivity index (χ1) is 11.8. The molecule has 0 aliphatic rings. The fourth-order valence-electron chi connectivity index (χ4n) is 2.27. The monoisotopic (exact) mass is 353 g/mol. The highest BCUT2D eigenvalue weighted by Crippen LogP contribution is 2.32. The van der Waals surface area contributed by atoms with E-state index in [4.69, 9.17) is 9.84 Å². The van der Waals surface area contributed by atoms with Gasteiger partial charge in [0.05, 0.1) is 12.2 Å². The Labute approximate surface area is 143 Å². The molecule has 4 nitrogen and oxygen atoms in total. The number of halogens is 3. The third-order valence-electron chi connectivity index (χ3n) is 3.52. The molecule has 0 atom stereocenters. The van der Waals surface area contributed by atoms with E-state index in [1.54, 1.807) is 25.1 Å². The molecule has 25 heavy (non-hydrogen) atoms. The van der Waals surface area contributed by atoms with Crippen molar-refractivity contribution >= 4 is 5.91 Å². The lowest BCUT2D eigenvalue weighted by molar-refractivity contribution is -0.137. The fraction of sp³-hybridized carbons (Fsp3) is 0.278. The van der Waals surface area contributed by atoms with E-state index >= 15 is 0 Å². The zero-order valence-corrected chi connectivity index (χ0v) is 13.6. The number of hydrogen-bond acceptors (Lipinski definition) is 3. The van der Waals surface area contributed by atoms with Crippen molar-refractivity contribution in [2.45, 2.75) is 13.1 Å². The highest BCUT2D eigenvalue weighted by Gasteiger charge is 2.30. The molecule has 0 radical (unpaired) electrons. The summed E-state index contributed by atoms with van der Waals surface area (Å²) in [5.41, 5.74) is -0.475. The molecular weight excluding hydrogens is 335 g/mol. The number of alkyl halides is 3. The van der Waals surface area contributed by atoms with Crippen LogP contribution in [0.4, 0.5) is 13.2 Å². The molecule has 2 aromatic rings. The van der Waals surface area contributed by atoms with E-state index < -0.39 is 11.7 Å². The largest absolute Gasteiger partial charge is 0.457 e. The number of hydrogen-bond donors (Lipinski definition) is 1. The van der Waals surface area contributed by atoms with Crippen LogP contribution in [0.2, 0.25) is 0 Å². The first-order valence-corrected chi connectivity index (χ1v) is 7.70. The van der Waals surface area contributed by atoms with Gasteiger partial charge in [0, 0.05) is 18.7 Å². The van der Waals surface area contributed by atoms with Gasteiger partial charge in [-0.15, -0.1) is 0 Å². The van der Waals surface area contributed by atoms with Gasteiger partial charge in [0.1, 0.15) is 11.5 Å². The molecular formula is C18H18F3NO3. The summed E-state index contributed by atoms with van der Waals surface area (Å²) in [7, 11) is 0. The maximum Gasteiger partial charge on any atom is 0.416 e. The number of carbonyl (C=O) groups excluding carboxylic acids is 1. The highest BCUT2D eigenvalue weighted by molar-refractivity contribution is 5.94. The Balaban J connectivity index is 2.21. The predicted octanol–water partition coefficient (Wildman–Crippen LogP) is 3.95. The lowest BCUT2D eigenvalue weighted by Gasteiger charge is -2.20. The van der Waals surface area contributed by atoms with Crippen molar-refractivity contribution in [2.24, 2.45) is 0 Å². The molecule has 134 valence electrons. The van der Waals surface area contributed by atoms with E-state index in [2.05, 4.69) is 0 Å². The third kappa shape index (κ3) is 4.96. The van der Waals surface area contributed by atoms with Crippen molar-refractivity contribution in [1.82, 2.24) is 4.90 Å². The topological polar surface area (TPSA) is 49.8 Å². The second kappa shape index (κ2) is 8.02. The number of amides is 1. The van der Waals surface area contributed by atoms with Crippen LogP contribution in [-0.2, 0) is 6.18 Å². The van der Waals surface area contributed by atoms with Crippen LogP contribution in [0, 0.1) is 0 Å². The molecule has 0 aliphatic heterocycles. The molecule has 1 N–H and O–H groups in total. The Bertz CT molecular complexity index is 732. The van der Waals surface area contributed by atoms with Crippen LogP contribution < -0.4 is 4.74 Å². The zero-order chi connectivity index (χ0) is 18.4.